The van der Waals surface area contributed by atoms with Crippen molar-refractivity contribution in [2.45, 2.75) is 56.3 Å². The van der Waals surface area contributed by atoms with Gasteiger partial charge in [-0.3, -0.25) is 28.8 Å². The summed E-state index contributed by atoms with van der Waals surface area (Å²) < 4.78 is 204. The Labute approximate surface area is 234 Å². The number of alkyl halides is 18. The fraction of sp³-hybridized carbons (Fsp3) is 0.600. The number of Topliss-reactive ketones (excluding diaryl/α,β-unsaturated/α-hetero) is 6. The standard InChI is InChI=1S/3C5H2F6O2.2Al/c3*6-4(7,8)2(12)1-3(13)5(9,10)11;;/h3*1H2;;/q;;;2*+3. The molecule has 0 amide bonds. The van der Waals surface area contributed by atoms with Crippen LogP contribution in [0, 0.1) is 0 Å². The minimum Gasteiger partial charge on any atom is -0.289 e. The van der Waals surface area contributed by atoms with E-state index in [0.717, 1.165) is 0 Å². The average Bonchev–Trinajstić information content (AvgIpc) is 2.64. The van der Waals surface area contributed by atoms with Gasteiger partial charge in [0, 0.05) is 0 Å². The molecule has 0 saturated carbocycles. The molecule has 0 aromatic carbocycles. The first-order valence-electron chi connectivity index (χ1n) is 8.25. The molecular weight excluding hydrogens is 672 g/mol. The molecule has 228 valence electrons. The van der Waals surface area contributed by atoms with Crippen LogP contribution < -0.4 is 0 Å². The summed E-state index contributed by atoms with van der Waals surface area (Å²) in [5, 5.41) is 0. The van der Waals surface area contributed by atoms with E-state index in [4.69, 9.17) is 0 Å². The monoisotopic (exact) mass is 678 g/mol. The van der Waals surface area contributed by atoms with Gasteiger partial charge in [-0.2, -0.15) is 79.0 Å². The maximum atomic E-state index is 11.3. The Morgan fingerprint density at radius 3 is 0.390 bits per heavy atom. The van der Waals surface area contributed by atoms with Gasteiger partial charge < -0.3 is 0 Å². The molecule has 0 aliphatic rings. The van der Waals surface area contributed by atoms with Crippen LogP contribution in [0.2, 0.25) is 0 Å². The van der Waals surface area contributed by atoms with Gasteiger partial charge in [-0.15, -0.1) is 0 Å². The van der Waals surface area contributed by atoms with Gasteiger partial charge in [0.1, 0.15) is 0 Å². The third-order valence-electron chi connectivity index (χ3n) is 2.86. The largest absolute Gasteiger partial charge is 3.00 e. The predicted octanol–water partition coefficient (Wildman–Crippen LogP) is 4.16. The summed E-state index contributed by atoms with van der Waals surface area (Å²) in [7, 11) is 0. The van der Waals surface area contributed by atoms with Crippen molar-refractivity contribution in [1.82, 2.24) is 0 Å². The molecule has 0 fully saturated rings. The second-order valence-electron chi connectivity index (χ2n) is 6.06. The van der Waals surface area contributed by atoms with E-state index in [1.165, 1.54) is 0 Å². The Hall–Kier alpha value is -2.18. The van der Waals surface area contributed by atoms with Crippen molar-refractivity contribution >= 4 is 69.4 Å². The molecule has 0 rings (SSSR count). The zero-order valence-corrected chi connectivity index (χ0v) is 20.8. The quantitative estimate of drug-likeness (QED) is 0.238. The molecule has 6 nitrogen and oxygen atoms in total. The predicted molar refractivity (Wildman–Crippen MR) is 91.7 cm³/mol. The van der Waals surface area contributed by atoms with E-state index < -0.39 is 91.0 Å². The first-order chi connectivity index (χ1) is 16.6. The first kappa shape index (κ1) is 48.6. The maximum Gasteiger partial charge on any atom is 3.00 e. The summed E-state index contributed by atoms with van der Waals surface area (Å²) in [5.74, 6) is -16.2. The van der Waals surface area contributed by atoms with Crippen molar-refractivity contribution in [3.8, 4) is 0 Å². The van der Waals surface area contributed by atoms with Gasteiger partial charge in [0.25, 0.3) is 0 Å². The van der Waals surface area contributed by atoms with Gasteiger partial charge >= 0.3 is 71.8 Å². The average molecular weight is 678 g/mol. The van der Waals surface area contributed by atoms with E-state index in [2.05, 4.69) is 0 Å². The van der Waals surface area contributed by atoms with Crippen LogP contribution in [-0.4, -0.2) is 106 Å². The first-order valence-corrected chi connectivity index (χ1v) is 8.25. The van der Waals surface area contributed by atoms with Crippen LogP contribution in [0.1, 0.15) is 19.3 Å². The van der Waals surface area contributed by atoms with Crippen molar-refractivity contribution in [2.75, 3.05) is 0 Å². The smallest absolute Gasteiger partial charge is 0.289 e. The third kappa shape index (κ3) is 23.1. The number of halogens is 18. The minimum absolute atomic E-state index is 0. The Morgan fingerprint density at radius 2 is 0.341 bits per heavy atom. The fourth-order valence-electron chi connectivity index (χ4n) is 1.04. The summed E-state index contributed by atoms with van der Waals surface area (Å²) in [6.07, 6.45) is -39.0. The Bertz CT molecular complexity index is 731. The number of hydrogen-bond donors (Lipinski definition) is 0. The fourth-order valence-corrected chi connectivity index (χ4v) is 1.04. The van der Waals surface area contributed by atoms with Crippen molar-refractivity contribution in [3.63, 3.8) is 0 Å². The van der Waals surface area contributed by atoms with Crippen molar-refractivity contribution in [1.29, 1.82) is 0 Å². The van der Waals surface area contributed by atoms with Crippen LogP contribution in [0.15, 0.2) is 0 Å². The van der Waals surface area contributed by atoms with Crippen molar-refractivity contribution < 1.29 is 108 Å². The summed E-state index contributed by atoms with van der Waals surface area (Å²) in [4.78, 5) is 59.3. The molecule has 0 aliphatic heterocycles. The van der Waals surface area contributed by atoms with Gasteiger partial charge in [-0.1, -0.05) is 0 Å². The topological polar surface area (TPSA) is 102 Å². The minimum atomic E-state index is -5.40. The number of carbonyl (C=O) groups excluding carboxylic acids is 6. The molecule has 0 atom stereocenters. The number of carbonyl (C=O) groups is 6. The Balaban J connectivity index is -0.000000154. The SMILES string of the molecule is O=C(CC(=O)C(F)(F)F)C(F)(F)F.O=C(CC(=O)C(F)(F)F)C(F)(F)F.O=C(CC(=O)C(F)(F)F)C(F)(F)F.[Al+3].[Al+3]. The maximum absolute atomic E-state index is 11.3. The third-order valence-corrected chi connectivity index (χ3v) is 2.86. The molecule has 0 heterocycles. The van der Waals surface area contributed by atoms with E-state index in [1.807, 2.05) is 0 Å². The van der Waals surface area contributed by atoms with E-state index in [9.17, 15) is 108 Å². The Morgan fingerprint density at radius 1 is 0.268 bits per heavy atom. The second kappa shape index (κ2) is 17.1. The normalized spacial score (nSPS) is 12.1. The van der Waals surface area contributed by atoms with E-state index in [1.54, 1.807) is 0 Å². The van der Waals surface area contributed by atoms with Crippen LogP contribution >= 0.6 is 0 Å². The van der Waals surface area contributed by atoms with Crippen LogP contribution in [0.4, 0.5) is 79.0 Å². The van der Waals surface area contributed by atoms with Gasteiger partial charge in [-0.05, 0) is 0 Å². The molecule has 0 aromatic rings. The zero-order chi connectivity index (χ0) is 32.6. The molecule has 0 unspecified atom stereocenters. The Kier molecular flexibility index (Phi) is 20.2. The van der Waals surface area contributed by atoms with Crippen molar-refractivity contribution in [2.24, 2.45) is 0 Å². The number of hydrogen-bond acceptors (Lipinski definition) is 6. The molecule has 0 saturated heterocycles. The molecular formula is C15H6Al2F18O6+6. The number of ketones is 6. The van der Waals surface area contributed by atoms with E-state index in [0.29, 0.717) is 0 Å². The molecule has 0 bridgehead atoms. The summed E-state index contributed by atoms with van der Waals surface area (Å²) in [6, 6.07) is 0. The van der Waals surface area contributed by atoms with Crippen LogP contribution in [-0.2, 0) is 28.8 Å². The van der Waals surface area contributed by atoms with Gasteiger partial charge in [-0.25, -0.2) is 0 Å². The summed E-state index contributed by atoms with van der Waals surface area (Å²) >= 11 is 0. The molecule has 26 heteroatoms. The van der Waals surface area contributed by atoms with Crippen molar-refractivity contribution in [3.05, 3.63) is 0 Å². The zero-order valence-electron chi connectivity index (χ0n) is 18.5. The van der Waals surface area contributed by atoms with E-state index in [-0.39, 0.29) is 34.7 Å². The van der Waals surface area contributed by atoms with Crippen LogP contribution in [0.25, 0.3) is 0 Å². The molecule has 41 heavy (non-hydrogen) atoms. The molecule has 0 N–H and O–H groups in total. The van der Waals surface area contributed by atoms with Gasteiger partial charge in [0.15, 0.2) is 0 Å². The summed E-state index contributed by atoms with van der Waals surface area (Å²) in [6.45, 7) is 0. The summed E-state index contributed by atoms with van der Waals surface area (Å²) in [5.41, 5.74) is 0. The van der Waals surface area contributed by atoms with E-state index >= 15 is 0 Å². The van der Waals surface area contributed by atoms with Gasteiger partial charge in [0.05, 0.1) is 19.3 Å². The van der Waals surface area contributed by atoms with Gasteiger partial charge in [0.2, 0.25) is 34.7 Å². The van der Waals surface area contributed by atoms with Crippen LogP contribution in [0.3, 0.4) is 0 Å². The molecule has 0 spiro atoms. The number of rotatable bonds is 6. The second-order valence-corrected chi connectivity index (χ2v) is 6.06. The molecule has 0 aliphatic carbocycles. The van der Waals surface area contributed by atoms with Crippen LogP contribution in [0.5, 0.6) is 0 Å². The molecule has 0 radical (unpaired) electrons. The molecule has 0 aromatic heterocycles.